The van der Waals surface area contributed by atoms with Gasteiger partial charge in [0.25, 0.3) is 0 Å². The summed E-state index contributed by atoms with van der Waals surface area (Å²) in [6, 6.07) is 22.4. The number of rotatable bonds is 8. The molecule has 0 N–H and O–H groups in total. The molecule has 0 radical (unpaired) electrons. The first-order valence-corrected chi connectivity index (χ1v) is 13.4. The molecule has 3 heterocycles. The lowest BCUT2D eigenvalue weighted by atomic mass is 9.94. The minimum Gasteiger partial charge on any atom is -0.496 e. The summed E-state index contributed by atoms with van der Waals surface area (Å²) < 4.78 is 11.1. The van der Waals surface area contributed by atoms with Gasteiger partial charge in [-0.3, -0.25) is 4.79 Å². The number of carbonyl (C=O) groups excluding carboxylic acids is 1. The summed E-state index contributed by atoms with van der Waals surface area (Å²) in [4.78, 5) is 24.6. The quantitative estimate of drug-likeness (QED) is 0.262. The predicted molar refractivity (Wildman–Crippen MR) is 150 cm³/mol. The largest absolute Gasteiger partial charge is 0.496 e. The van der Waals surface area contributed by atoms with E-state index in [0.29, 0.717) is 25.5 Å². The van der Waals surface area contributed by atoms with Crippen LogP contribution < -0.4 is 4.74 Å². The first-order chi connectivity index (χ1) is 18.5. The summed E-state index contributed by atoms with van der Waals surface area (Å²) in [5.41, 5.74) is 7.00. The third-order valence-corrected chi connectivity index (χ3v) is 7.29. The number of aromatic nitrogens is 2. The van der Waals surface area contributed by atoms with Gasteiger partial charge in [0, 0.05) is 35.7 Å². The number of benzene rings is 2. The number of methoxy groups -OCH3 is 1. The van der Waals surface area contributed by atoms with Crippen LogP contribution in [-0.4, -0.2) is 47.6 Å². The fraction of sp³-hybridized carbons (Fsp3) is 0.344. The smallest absolute Gasteiger partial charge is 0.307 e. The zero-order valence-electron chi connectivity index (χ0n) is 22.4. The van der Waals surface area contributed by atoms with Gasteiger partial charge in [0.15, 0.2) is 5.65 Å². The van der Waals surface area contributed by atoms with Crippen LogP contribution in [0.15, 0.2) is 66.7 Å². The molecule has 1 aliphatic rings. The summed E-state index contributed by atoms with van der Waals surface area (Å²) in [6.45, 7) is 7.07. The minimum atomic E-state index is -0.154. The second-order valence-electron chi connectivity index (χ2n) is 10.2. The van der Waals surface area contributed by atoms with Crippen molar-refractivity contribution in [3.8, 4) is 17.0 Å². The number of pyridine rings is 2. The highest BCUT2D eigenvalue weighted by Gasteiger charge is 2.23. The highest BCUT2D eigenvalue weighted by Crippen LogP contribution is 2.34. The Morgan fingerprint density at radius 2 is 1.84 bits per heavy atom. The van der Waals surface area contributed by atoms with Crippen molar-refractivity contribution in [3.63, 3.8) is 0 Å². The number of hydrogen-bond donors (Lipinski definition) is 0. The molecule has 1 aliphatic heterocycles. The van der Waals surface area contributed by atoms with Crippen LogP contribution >= 0.6 is 0 Å². The first kappa shape index (κ1) is 25.9. The number of fused-ring (bicyclic) bond motifs is 1. The van der Waals surface area contributed by atoms with Gasteiger partial charge in [-0.25, -0.2) is 9.97 Å². The van der Waals surface area contributed by atoms with Crippen LogP contribution in [0.5, 0.6) is 5.75 Å². The zero-order chi connectivity index (χ0) is 26.5. The molecule has 6 nitrogen and oxygen atoms in total. The molecule has 4 aromatic rings. The van der Waals surface area contributed by atoms with Crippen LogP contribution in [0.2, 0.25) is 0 Å². The molecule has 6 heteroatoms. The molecular formula is C32H35N3O3. The van der Waals surface area contributed by atoms with Crippen molar-refractivity contribution in [2.24, 2.45) is 0 Å². The van der Waals surface area contributed by atoms with Gasteiger partial charge in [0.05, 0.1) is 19.2 Å². The Balaban J connectivity index is 1.26. The van der Waals surface area contributed by atoms with Crippen molar-refractivity contribution in [1.29, 1.82) is 0 Å². The number of piperidine rings is 1. The average molecular weight is 510 g/mol. The number of aryl methyl sites for hydroxylation is 2. The van der Waals surface area contributed by atoms with E-state index in [4.69, 9.17) is 19.4 Å². The Labute approximate surface area is 224 Å². The monoisotopic (exact) mass is 509 g/mol. The van der Waals surface area contributed by atoms with Gasteiger partial charge in [-0.1, -0.05) is 36.4 Å². The van der Waals surface area contributed by atoms with E-state index in [1.165, 1.54) is 0 Å². The molecule has 1 atom stereocenters. The second-order valence-corrected chi connectivity index (χ2v) is 10.2. The maximum Gasteiger partial charge on any atom is 0.307 e. The van der Waals surface area contributed by atoms with E-state index in [9.17, 15) is 4.79 Å². The fourth-order valence-corrected chi connectivity index (χ4v) is 5.36. The molecule has 1 fully saturated rings. The minimum absolute atomic E-state index is 0.154. The number of likely N-dealkylation sites (tertiary alicyclic amines) is 1. The molecular weight excluding hydrogens is 474 g/mol. The first-order valence-electron chi connectivity index (χ1n) is 13.4. The third kappa shape index (κ3) is 6.03. The van der Waals surface area contributed by atoms with Crippen LogP contribution in [0, 0.1) is 13.8 Å². The third-order valence-electron chi connectivity index (χ3n) is 7.29. The molecule has 196 valence electrons. The maximum absolute atomic E-state index is 12.3. The van der Waals surface area contributed by atoms with Gasteiger partial charge in [-0.15, -0.1) is 0 Å². The van der Waals surface area contributed by atoms with Gasteiger partial charge >= 0.3 is 5.97 Å². The number of carbonyl (C=O) groups is 1. The highest BCUT2D eigenvalue weighted by molar-refractivity contribution is 5.81. The van der Waals surface area contributed by atoms with Crippen molar-refractivity contribution in [2.45, 2.75) is 45.6 Å². The molecule has 38 heavy (non-hydrogen) atoms. The van der Waals surface area contributed by atoms with E-state index in [0.717, 1.165) is 76.4 Å². The van der Waals surface area contributed by atoms with Gasteiger partial charge in [0.2, 0.25) is 0 Å². The van der Waals surface area contributed by atoms with E-state index < -0.39 is 0 Å². The predicted octanol–water partition coefficient (Wildman–Crippen LogP) is 6.24. The number of esters is 1. The van der Waals surface area contributed by atoms with E-state index >= 15 is 0 Å². The summed E-state index contributed by atoms with van der Waals surface area (Å²) in [7, 11) is 1.70. The summed E-state index contributed by atoms with van der Waals surface area (Å²) in [5.74, 6) is 0.990. The Kier molecular flexibility index (Phi) is 7.99. The molecule has 2 aromatic carbocycles. The number of hydrogen-bond acceptors (Lipinski definition) is 6. The molecule has 0 bridgehead atoms. The van der Waals surface area contributed by atoms with Crippen LogP contribution in [0.4, 0.5) is 0 Å². The Hall–Kier alpha value is -3.77. The lowest BCUT2D eigenvalue weighted by Crippen LogP contribution is -2.36. The molecule has 1 saturated heterocycles. The maximum atomic E-state index is 12.3. The second kappa shape index (κ2) is 11.7. The van der Waals surface area contributed by atoms with Gasteiger partial charge in [-0.2, -0.15) is 0 Å². The Morgan fingerprint density at radius 1 is 1.03 bits per heavy atom. The van der Waals surface area contributed by atoms with E-state index in [1.54, 1.807) is 7.11 Å². The van der Waals surface area contributed by atoms with Crippen LogP contribution in [0.1, 0.15) is 47.6 Å². The van der Waals surface area contributed by atoms with E-state index in [2.05, 4.69) is 43.0 Å². The normalized spacial score (nSPS) is 15.9. The van der Waals surface area contributed by atoms with Crippen LogP contribution in [-0.2, 0) is 16.1 Å². The summed E-state index contributed by atoms with van der Waals surface area (Å²) in [5, 5.41) is 1.02. The van der Waals surface area contributed by atoms with Gasteiger partial charge < -0.3 is 14.4 Å². The molecule has 2 aromatic heterocycles. The zero-order valence-corrected chi connectivity index (χ0v) is 22.4. The average Bonchev–Trinajstić information content (AvgIpc) is 2.94. The SMILES string of the molecule is COc1cc(C)cc(C)c1-c1ccc2ccc(C3CCCN(CCC(=O)OCc4ccccc4)C3)nc2n1. The standard InChI is InChI=1S/C32H35N3O3/c1-22-18-23(2)31(29(19-22)37-3)28-14-12-25-11-13-27(33-32(25)34-28)26-10-7-16-35(20-26)17-15-30(36)38-21-24-8-5-4-6-9-24/h4-6,8-9,11-14,18-19,26H,7,10,15-17,20-21H2,1-3H3. The summed E-state index contributed by atoms with van der Waals surface area (Å²) in [6.07, 6.45) is 2.56. The van der Waals surface area contributed by atoms with Crippen molar-refractivity contribution in [2.75, 3.05) is 26.7 Å². The number of nitrogens with zero attached hydrogens (tertiary/aromatic N) is 3. The lowest BCUT2D eigenvalue weighted by Gasteiger charge is -2.32. The van der Waals surface area contributed by atoms with Crippen molar-refractivity contribution >= 4 is 17.0 Å². The molecule has 0 spiro atoms. The fourth-order valence-electron chi connectivity index (χ4n) is 5.36. The van der Waals surface area contributed by atoms with Gasteiger partial charge in [-0.05, 0) is 80.3 Å². The van der Waals surface area contributed by atoms with E-state index in [-0.39, 0.29) is 5.97 Å². The molecule has 0 saturated carbocycles. The highest BCUT2D eigenvalue weighted by atomic mass is 16.5. The van der Waals surface area contributed by atoms with Crippen LogP contribution in [0.25, 0.3) is 22.3 Å². The topological polar surface area (TPSA) is 64.5 Å². The van der Waals surface area contributed by atoms with Crippen molar-refractivity contribution in [3.05, 3.63) is 89.1 Å². The Bertz CT molecular complexity index is 1420. The van der Waals surface area contributed by atoms with Crippen molar-refractivity contribution in [1.82, 2.24) is 14.9 Å². The summed E-state index contributed by atoms with van der Waals surface area (Å²) >= 11 is 0. The van der Waals surface area contributed by atoms with Gasteiger partial charge in [0.1, 0.15) is 12.4 Å². The Morgan fingerprint density at radius 3 is 2.66 bits per heavy atom. The number of ether oxygens (including phenoxy) is 2. The van der Waals surface area contributed by atoms with Crippen LogP contribution in [0.3, 0.4) is 0 Å². The molecule has 0 amide bonds. The molecule has 1 unspecified atom stereocenters. The lowest BCUT2D eigenvalue weighted by molar-refractivity contribution is -0.145. The van der Waals surface area contributed by atoms with Crippen molar-refractivity contribution < 1.29 is 14.3 Å². The molecule has 5 rings (SSSR count). The molecule has 0 aliphatic carbocycles. The van der Waals surface area contributed by atoms with E-state index in [1.807, 2.05) is 42.5 Å².